The van der Waals surface area contributed by atoms with Crippen molar-refractivity contribution in [2.45, 2.75) is 86.2 Å². The van der Waals surface area contributed by atoms with Crippen LogP contribution in [0.3, 0.4) is 0 Å². The van der Waals surface area contributed by atoms with Crippen LogP contribution in [0.4, 0.5) is 0 Å². The first-order chi connectivity index (χ1) is 8.27. The highest BCUT2D eigenvalue weighted by atomic mass is 16.3. The summed E-state index contributed by atoms with van der Waals surface area (Å²) in [6, 6.07) is 0. The second-order valence-corrected chi connectivity index (χ2v) is 4.74. The van der Waals surface area contributed by atoms with Gasteiger partial charge in [-0.2, -0.15) is 0 Å². The molecule has 18 heavy (non-hydrogen) atoms. The van der Waals surface area contributed by atoms with E-state index in [0.717, 1.165) is 0 Å². The fraction of sp³-hybridized carbons (Fsp3) is 0.867. The number of hydrogen-bond acceptors (Lipinski definition) is 3. The zero-order valence-corrected chi connectivity index (χ0v) is 13.1. The topological polar surface area (TPSA) is 54.4 Å². The summed E-state index contributed by atoms with van der Waals surface area (Å²) in [7, 11) is 0. The van der Waals surface area contributed by atoms with Gasteiger partial charge in [-0.25, -0.2) is 0 Å². The Balaban J connectivity index is -0.000000196. The Hall–Kier alpha value is -0.700. The zero-order chi connectivity index (χ0) is 15.0. The first-order valence-corrected chi connectivity index (χ1v) is 6.94. The second-order valence-electron chi connectivity index (χ2n) is 4.74. The van der Waals surface area contributed by atoms with Crippen LogP contribution in [0.25, 0.3) is 0 Å². The number of aliphatic hydroxyl groups is 1. The van der Waals surface area contributed by atoms with Crippen LogP contribution in [0.1, 0.15) is 80.1 Å². The van der Waals surface area contributed by atoms with Gasteiger partial charge in [0.2, 0.25) is 0 Å². The van der Waals surface area contributed by atoms with Gasteiger partial charge in [-0.05, 0) is 27.7 Å². The number of aliphatic hydroxyl groups excluding tert-OH is 1. The van der Waals surface area contributed by atoms with Gasteiger partial charge < -0.3 is 5.11 Å². The molecule has 0 aromatic heterocycles. The second kappa shape index (κ2) is 18.7. The molecule has 0 aromatic carbocycles. The number of hydrogen-bond donors (Lipinski definition) is 1. The maximum absolute atomic E-state index is 10.0. The number of carbonyl (C=O) groups excluding carboxylic acids is 2. The van der Waals surface area contributed by atoms with Crippen molar-refractivity contribution in [3.63, 3.8) is 0 Å². The Kier molecular flexibility index (Phi) is 23.3. The Morgan fingerprint density at radius 2 is 1.17 bits per heavy atom. The molecule has 0 amide bonds. The summed E-state index contributed by atoms with van der Waals surface area (Å²) >= 11 is 0. The lowest BCUT2D eigenvalue weighted by atomic mass is 10.2. The maximum atomic E-state index is 10.0. The normalized spacial score (nSPS) is 8.89. The summed E-state index contributed by atoms with van der Waals surface area (Å²) in [6.45, 7) is 10.7. The van der Waals surface area contributed by atoms with Crippen molar-refractivity contribution in [2.75, 3.05) is 0 Å². The van der Waals surface area contributed by atoms with E-state index in [2.05, 4.69) is 13.8 Å². The van der Waals surface area contributed by atoms with Gasteiger partial charge in [0.05, 0.1) is 6.42 Å². The SMILES string of the molecule is CC(=O)CC(C)=O.CC(C)O.CCCCCCC. The lowest BCUT2D eigenvalue weighted by Gasteiger charge is -1.90. The average Bonchev–Trinajstić information content (AvgIpc) is 2.16. The summed E-state index contributed by atoms with van der Waals surface area (Å²) in [5.74, 6) is -0.125. The molecule has 0 heterocycles. The minimum atomic E-state index is -0.167. The highest BCUT2D eigenvalue weighted by molar-refractivity contribution is 5.96. The molecule has 0 aromatic rings. The lowest BCUT2D eigenvalue weighted by molar-refractivity contribution is -0.124. The van der Waals surface area contributed by atoms with E-state index in [-0.39, 0.29) is 24.1 Å². The van der Waals surface area contributed by atoms with Crippen LogP contribution in [-0.4, -0.2) is 22.8 Å². The third-order valence-electron chi connectivity index (χ3n) is 1.70. The van der Waals surface area contributed by atoms with Crippen LogP contribution in [0.2, 0.25) is 0 Å². The van der Waals surface area contributed by atoms with Gasteiger partial charge in [0.25, 0.3) is 0 Å². The van der Waals surface area contributed by atoms with Crippen molar-refractivity contribution >= 4 is 11.6 Å². The van der Waals surface area contributed by atoms with Crippen LogP contribution < -0.4 is 0 Å². The van der Waals surface area contributed by atoms with E-state index in [1.54, 1.807) is 13.8 Å². The Bertz CT molecular complexity index is 167. The number of ketones is 2. The molecule has 3 nitrogen and oxygen atoms in total. The number of rotatable bonds is 6. The van der Waals surface area contributed by atoms with E-state index in [0.29, 0.717) is 0 Å². The Labute approximate surface area is 113 Å². The van der Waals surface area contributed by atoms with Crippen LogP contribution in [0.5, 0.6) is 0 Å². The Morgan fingerprint density at radius 1 is 0.889 bits per heavy atom. The van der Waals surface area contributed by atoms with Gasteiger partial charge in [-0.15, -0.1) is 0 Å². The fourth-order valence-electron chi connectivity index (χ4n) is 1.03. The minimum absolute atomic E-state index is 0.0625. The van der Waals surface area contributed by atoms with Gasteiger partial charge in [-0.3, -0.25) is 9.59 Å². The highest BCUT2D eigenvalue weighted by Gasteiger charge is 1.94. The number of Topliss-reactive ketones (excluding diaryl/α,β-unsaturated/α-hetero) is 2. The monoisotopic (exact) mass is 260 g/mol. The summed E-state index contributed by atoms with van der Waals surface area (Å²) in [6.07, 6.45) is 6.93. The molecule has 1 N–H and O–H groups in total. The zero-order valence-electron chi connectivity index (χ0n) is 13.1. The molecule has 0 fully saturated rings. The molecule has 0 saturated heterocycles. The molecule has 0 radical (unpaired) electrons. The van der Waals surface area contributed by atoms with Crippen LogP contribution in [0, 0.1) is 0 Å². The van der Waals surface area contributed by atoms with Crippen molar-refractivity contribution < 1.29 is 14.7 Å². The predicted molar refractivity (Wildman–Crippen MR) is 77.8 cm³/mol. The van der Waals surface area contributed by atoms with E-state index in [1.807, 2.05) is 0 Å². The molecule has 0 atom stereocenters. The standard InChI is InChI=1S/C7H16.C5H8O2.C3H8O/c1-3-5-7-6-4-2;1-4(6)3-5(2)7;1-3(2)4/h3-7H2,1-2H3;3H2,1-2H3;3-4H,1-2H3. The average molecular weight is 260 g/mol. The maximum Gasteiger partial charge on any atom is 0.137 e. The molecule has 0 bridgehead atoms. The number of carbonyl (C=O) groups is 2. The quantitative estimate of drug-likeness (QED) is 0.581. The molecule has 3 heteroatoms. The van der Waals surface area contributed by atoms with Crippen molar-refractivity contribution in [1.29, 1.82) is 0 Å². The van der Waals surface area contributed by atoms with Crippen LogP contribution in [-0.2, 0) is 9.59 Å². The highest BCUT2D eigenvalue weighted by Crippen LogP contribution is 2.00. The van der Waals surface area contributed by atoms with Gasteiger partial charge in [0, 0.05) is 6.10 Å². The summed E-state index contributed by atoms with van der Waals surface area (Å²) in [5.41, 5.74) is 0. The molecule has 0 unspecified atom stereocenters. The summed E-state index contributed by atoms with van der Waals surface area (Å²) in [4.78, 5) is 20.1. The first kappa shape index (κ1) is 22.5. The van der Waals surface area contributed by atoms with Crippen molar-refractivity contribution in [1.82, 2.24) is 0 Å². The van der Waals surface area contributed by atoms with Gasteiger partial charge in [0.15, 0.2) is 0 Å². The molecule has 0 spiro atoms. The predicted octanol–water partition coefficient (Wildman–Crippen LogP) is 3.92. The van der Waals surface area contributed by atoms with Crippen molar-refractivity contribution in [2.24, 2.45) is 0 Å². The number of unbranched alkanes of at least 4 members (excludes halogenated alkanes) is 4. The van der Waals surface area contributed by atoms with E-state index in [1.165, 1.54) is 46.0 Å². The van der Waals surface area contributed by atoms with Crippen molar-refractivity contribution in [3.8, 4) is 0 Å². The molecule has 0 aliphatic heterocycles. The molecular weight excluding hydrogens is 228 g/mol. The smallest absolute Gasteiger partial charge is 0.137 e. The van der Waals surface area contributed by atoms with Crippen molar-refractivity contribution in [3.05, 3.63) is 0 Å². The molecule has 0 saturated carbocycles. The summed E-state index contributed by atoms with van der Waals surface area (Å²) in [5, 5.41) is 8.06. The fourth-order valence-corrected chi connectivity index (χ4v) is 1.03. The molecule has 0 aliphatic rings. The molecular formula is C15H32O3. The van der Waals surface area contributed by atoms with E-state index >= 15 is 0 Å². The van der Waals surface area contributed by atoms with Crippen LogP contribution in [0.15, 0.2) is 0 Å². The third kappa shape index (κ3) is 58.7. The largest absolute Gasteiger partial charge is 0.394 e. The van der Waals surface area contributed by atoms with Gasteiger partial charge in [-0.1, -0.05) is 46.0 Å². The van der Waals surface area contributed by atoms with E-state index in [9.17, 15) is 9.59 Å². The lowest BCUT2D eigenvalue weighted by Crippen LogP contribution is -1.97. The molecule has 0 rings (SSSR count). The van der Waals surface area contributed by atoms with Crippen LogP contribution >= 0.6 is 0 Å². The molecule has 0 aliphatic carbocycles. The van der Waals surface area contributed by atoms with E-state index < -0.39 is 0 Å². The third-order valence-corrected chi connectivity index (χ3v) is 1.70. The Morgan fingerprint density at radius 3 is 1.28 bits per heavy atom. The first-order valence-electron chi connectivity index (χ1n) is 6.94. The molecule has 110 valence electrons. The minimum Gasteiger partial charge on any atom is -0.394 e. The van der Waals surface area contributed by atoms with Gasteiger partial charge >= 0.3 is 0 Å². The summed E-state index contributed by atoms with van der Waals surface area (Å²) < 4.78 is 0. The van der Waals surface area contributed by atoms with Gasteiger partial charge in [0.1, 0.15) is 11.6 Å². The van der Waals surface area contributed by atoms with E-state index in [4.69, 9.17) is 5.11 Å².